The zero-order valence-electron chi connectivity index (χ0n) is 9.90. The average Bonchev–Trinajstić information content (AvgIpc) is 2.30. The lowest BCUT2D eigenvalue weighted by atomic mass is 10.3. The molecule has 94 valence electrons. The summed E-state index contributed by atoms with van der Waals surface area (Å²) < 4.78 is 0. The maximum absolute atomic E-state index is 10.7. The summed E-state index contributed by atoms with van der Waals surface area (Å²) in [5.41, 5.74) is 5.77. The predicted octanol–water partition coefficient (Wildman–Crippen LogP) is -0.525. The number of hydrogen-bond acceptors (Lipinski definition) is 6. The molecule has 17 heavy (non-hydrogen) atoms. The van der Waals surface area contributed by atoms with Crippen LogP contribution in [0.4, 0.5) is 11.6 Å². The van der Waals surface area contributed by atoms with Crippen molar-refractivity contribution in [2.75, 3.05) is 23.7 Å². The topological polar surface area (TPSA) is 113 Å². The van der Waals surface area contributed by atoms with Crippen molar-refractivity contribution in [3.63, 3.8) is 0 Å². The first-order valence-corrected chi connectivity index (χ1v) is 5.33. The number of rotatable bonds is 6. The van der Waals surface area contributed by atoms with Gasteiger partial charge >= 0.3 is 0 Å². The fraction of sp³-hybridized carbons (Fsp3) is 0.500. The second-order valence-corrected chi connectivity index (χ2v) is 3.53. The average molecular weight is 239 g/mol. The van der Waals surface area contributed by atoms with Gasteiger partial charge in [0.2, 0.25) is 5.91 Å². The molecule has 1 aromatic rings. The van der Waals surface area contributed by atoms with Gasteiger partial charge in [0.1, 0.15) is 24.1 Å². The molecule has 1 amide bonds. The maximum Gasteiger partial charge on any atom is 0.248 e. The van der Waals surface area contributed by atoms with E-state index in [1.807, 2.05) is 13.8 Å². The van der Waals surface area contributed by atoms with Gasteiger partial charge in [-0.2, -0.15) is 0 Å². The number of aromatic nitrogens is 2. The summed E-state index contributed by atoms with van der Waals surface area (Å²) in [6.07, 6.45) is 0.177. The van der Waals surface area contributed by atoms with Gasteiger partial charge in [0, 0.05) is 12.1 Å². The summed E-state index contributed by atoms with van der Waals surface area (Å²) in [4.78, 5) is 18.8. The van der Waals surface area contributed by atoms with Gasteiger partial charge in [0.15, 0.2) is 0 Å². The van der Waals surface area contributed by atoms with Crippen LogP contribution in [0.15, 0.2) is 6.33 Å². The highest BCUT2D eigenvalue weighted by molar-refractivity contribution is 5.79. The fourth-order valence-electron chi connectivity index (χ4n) is 1.27. The molecule has 1 rings (SSSR count). The second kappa shape index (κ2) is 6.00. The highest BCUT2D eigenvalue weighted by atomic mass is 16.3. The largest absolute Gasteiger partial charge is 0.381 e. The van der Waals surface area contributed by atoms with Crippen LogP contribution in [-0.4, -0.2) is 40.2 Å². The number of aliphatic hydroxyl groups is 1. The van der Waals surface area contributed by atoms with Crippen LogP contribution in [0.2, 0.25) is 0 Å². The molecule has 1 atom stereocenters. The van der Waals surface area contributed by atoms with Crippen molar-refractivity contribution in [3.05, 3.63) is 11.9 Å². The molecule has 7 heteroatoms. The Bertz CT molecular complexity index is 396. The third kappa shape index (κ3) is 3.56. The lowest BCUT2D eigenvalue weighted by Crippen LogP contribution is -2.34. The van der Waals surface area contributed by atoms with Crippen LogP contribution in [0.1, 0.15) is 12.5 Å². The van der Waals surface area contributed by atoms with Gasteiger partial charge in [-0.1, -0.05) is 0 Å². The molecule has 0 bridgehead atoms. The first-order valence-electron chi connectivity index (χ1n) is 5.33. The minimum atomic E-state index is -1.23. The standard InChI is InChI=1S/C10H17N5O2/c1-3-12-9-6(2)10(15-5-14-9)13-4-7(16)8(11)17/h5,7,16H,3-4H2,1-2H3,(H2,11,17)(H2,12,13,14,15). The lowest BCUT2D eigenvalue weighted by Gasteiger charge is -2.13. The summed E-state index contributed by atoms with van der Waals surface area (Å²) in [5, 5.41) is 15.2. The van der Waals surface area contributed by atoms with E-state index in [9.17, 15) is 9.90 Å². The smallest absolute Gasteiger partial charge is 0.248 e. The van der Waals surface area contributed by atoms with E-state index < -0.39 is 12.0 Å². The van der Waals surface area contributed by atoms with E-state index in [1.54, 1.807) is 0 Å². The van der Waals surface area contributed by atoms with Crippen LogP contribution in [0.25, 0.3) is 0 Å². The van der Waals surface area contributed by atoms with Gasteiger partial charge in [-0.15, -0.1) is 0 Å². The number of nitrogens with zero attached hydrogens (tertiary/aromatic N) is 2. The maximum atomic E-state index is 10.7. The van der Waals surface area contributed by atoms with E-state index in [-0.39, 0.29) is 6.54 Å². The minimum absolute atomic E-state index is 0.0265. The Morgan fingerprint density at radius 3 is 2.59 bits per heavy atom. The first kappa shape index (κ1) is 13.2. The molecule has 0 aliphatic heterocycles. The summed E-state index contributed by atoms with van der Waals surface area (Å²) in [6, 6.07) is 0. The summed E-state index contributed by atoms with van der Waals surface area (Å²) in [7, 11) is 0. The quantitative estimate of drug-likeness (QED) is 0.531. The number of aliphatic hydroxyl groups excluding tert-OH is 1. The van der Waals surface area contributed by atoms with Crippen LogP contribution >= 0.6 is 0 Å². The van der Waals surface area contributed by atoms with E-state index in [4.69, 9.17) is 5.73 Å². The fourth-order valence-corrected chi connectivity index (χ4v) is 1.27. The van der Waals surface area contributed by atoms with Gasteiger partial charge < -0.3 is 21.5 Å². The SMILES string of the molecule is CCNc1ncnc(NCC(O)C(N)=O)c1C. The Hall–Kier alpha value is -1.89. The summed E-state index contributed by atoms with van der Waals surface area (Å²) >= 11 is 0. The Labute approximate surface area is 99.5 Å². The number of anilines is 2. The number of primary amides is 1. The highest BCUT2D eigenvalue weighted by Gasteiger charge is 2.12. The molecule has 7 nitrogen and oxygen atoms in total. The Balaban J connectivity index is 2.71. The molecule has 0 radical (unpaired) electrons. The first-order chi connectivity index (χ1) is 8.06. The van der Waals surface area contributed by atoms with Crippen molar-refractivity contribution in [1.29, 1.82) is 0 Å². The lowest BCUT2D eigenvalue weighted by molar-refractivity contribution is -0.125. The predicted molar refractivity (Wildman–Crippen MR) is 64.6 cm³/mol. The van der Waals surface area contributed by atoms with Crippen LogP contribution in [0.3, 0.4) is 0 Å². The zero-order valence-corrected chi connectivity index (χ0v) is 9.90. The Kier molecular flexibility index (Phi) is 4.65. The monoisotopic (exact) mass is 239 g/mol. The molecule has 5 N–H and O–H groups in total. The van der Waals surface area contributed by atoms with Gasteiger partial charge in [-0.3, -0.25) is 4.79 Å². The zero-order chi connectivity index (χ0) is 12.8. The molecule has 0 fully saturated rings. The number of hydrogen-bond donors (Lipinski definition) is 4. The minimum Gasteiger partial charge on any atom is -0.381 e. The van der Waals surface area contributed by atoms with Gasteiger partial charge in [-0.25, -0.2) is 9.97 Å². The van der Waals surface area contributed by atoms with Crippen molar-refractivity contribution in [1.82, 2.24) is 9.97 Å². The molecular formula is C10H17N5O2. The molecule has 0 aliphatic carbocycles. The van der Waals surface area contributed by atoms with Crippen LogP contribution in [0, 0.1) is 6.92 Å². The van der Waals surface area contributed by atoms with E-state index in [2.05, 4.69) is 20.6 Å². The van der Waals surface area contributed by atoms with Crippen molar-refractivity contribution in [3.8, 4) is 0 Å². The third-order valence-corrected chi connectivity index (χ3v) is 2.22. The molecule has 1 aromatic heterocycles. The molecule has 1 heterocycles. The number of nitrogens with two attached hydrogens (primary N) is 1. The van der Waals surface area contributed by atoms with Gasteiger partial charge in [-0.05, 0) is 13.8 Å². The van der Waals surface area contributed by atoms with Crippen LogP contribution in [0.5, 0.6) is 0 Å². The molecule has 0 saturated carbocycles. The Morgan fingerprint density at radius 1 is 1.47 bits per heavy atom. The molecule has 0 aliphatic rings. The van der Waals surface area contributed by atoms with E-state index >= 15 is 0 Å². The van der Waals surface area contributed by atoms with Crippen molar-refractivity contribution in [2.45, 2.75) is 20.0 Å². The van der Waals surface area contributed by atoms with E-state index in [0.717, 1.165) is 17.9 Å². The van der Waals surface area contributed by atoms with Crippen molar-refractivity contribution < 1.29 is 9.90 Å². The third-order valence-electron chi connectivity index (χ3n) is 2.22. The summed E-state index contributed by atoms with van der Waals surface area (Å²) in [6.45, 7) is 4.59. The molecule has 0 aromatic carbocycles. The molecule has 0 spiro atoms. The number of amides is 1. The highest BCUT2D eigenvalue weighted by Crippen LogP contribution is 2.17. The number of carbonyl (C=O) groups excluding carboxylic acids is 1. The Morgan fingerprint density at radius 2 is 2.06 bits per heavy atom. The normalized spacial score (nSPS) is 11.9. The number of carbonyl (C=O) groups is 1. The summed E-state index contributed by atoms with van der Waals surface area (Å²) in [5.74, 6) is 0.519. The molecular weight excluding hydrogens is 222 g/mol. The van der Waals surface area contributed by atoms with Crippen molar-refractivity contribution >= 4 is 17.5 Å². The van der Waals surface area contributed by atoms with Crippen molar-refractivity contribution in [2.24, 2.45) is 5.73 Å². The van der Waals surface area contributed by atoms with E-state index in [1.165, 1.54) is 6.33 Å². The van der Waals surface area contributed by atoms with E-state index in [0.29, 0.717) is 5.82 Å². The van der Waals surface area contributed by atoms with Crippen LogP contribution < -0.4 is 16.4 Å². The second-order valence-electron chi connectivity index (χ2n) is 3.53. The molecule has 0 saturated heterocycles. The molecule has 1 unspecified atom stereocenters. The number of nitrogens with one attached hydrogen (secondary N) is 2. The van der Waals surface area contributed by atoms with Crippen LogP contribution in [-0.2, 0) is 4.79 Å². The van der Waals surface area contributed by atoms with Gasteiger partial charge in [0.25, 0.3) is 0 Å². The van der Waals surface area contributed by atoms with Gasteiger partial charge in [0.05, 0.1) is 6.54 Å².